The number of ether oxygens (including phenoxy) is 1. The predicted octanol–water partition coefficient (Wildman–Crippen LogP) is 3.65. The molecule has 8 nitrogen and oxygen atoms in total. The number of amides is 2. The lowest BCUT2D eigenvalue weighted by Crippen LogP contribution is -2.44. The fourth-order valence-corrected chi connectivity index (χ4v) is 5.85. The molecule has 1 atom stereocenters. The van der Waals surface area contributed by atoms with E-state index in [2.05, 4.69) is 21.8 Å². The molecule has 1 saturated carbocycles. The number of nitrogens with two attached hydrogens (primary N) is 1. The molecule has 1 aromatic heterocycles. The molecular formula is C28H36FN5O3. The summed E-state index contributed by atoms with van der Waals surface area (Å²) in [6.45, 7) is 6.89. The highest BCUT2D eigenvalue weighted by Gasteiger charge is 2.35. The standard InChI is InChI=1S/C28H36FN5O3/c1-28(9-3-10-28)18-33-12-7-19(8-13-33)17-37-25-16-31-23(15-32-25)21-6-5-20(14-22(21)29)27(36)34-11-2-4-24(34)26(30)35/h5-6,14-16,19,24H,2-4,7-13,17-18H2,1H3,(H2,30,35)/t24-/m0/s1. The summed E-state index contributed by atoms with van der Waals surface area (Å²) in [6.07, 6.45) is 10.6. The second-order valence-corrected chi connectivity index (χ2v) is 11.2. The third-order valence-electron chi connectivity index (χ3n) is 8.30. The summed E-state index contributed by atoms with van der Waals surface area (Å²) in [5, 5.41) is 0. The topological polar surface area (TPSA) is 102 Å². The number of hydrogen-bond acceptors (Lipinski definition) is 6. The van der Waals surface area contributed by atoms with Gasteiger partial charge < -0.3 is 20.3 Å². The van der Waals surface area contributed by atoms with Crippen LogP contribution in [0.15, 0.2) is 30.6 Å². The molecule has 2 amide bonds. The molecule has 2 aromatic rings. The van der Waals surface area contributed by atoms with Gasteiger partial charge >= 0.3 is 0 Å². The van der Waals surface area contributed by atoms with E-state index in [1.165, 1.54) is 55.2 Å². The van der Waals surface area contributed by atoms with Crippen LogP contribution >= 0.6 is 0 Å². The Hall–Kier alpha value is -3.07. The Morgan fingerprint density at radius 2 is 1.89 bits per heavy atom. The van der Waals surface area contributed by atoms with E-state index in [0.29, 0.717) is 48.9 Å². The minimum absolute atomic E-state index is 0.176. The Kier molecular flexibility index (Phi) is 7.42. The van der Waals surface area contributed by atoms with Crippen molar-refractivity contribution >= 4 is 11.8 Å². The van der Waals surface area contributed by atoms with Crippen molar-refractivity contribution in [3.8, 4) is 17.1 Å². The number of nitrogens with zero attached hydrogens (tertiary/aromatic N) is 4. The summed E-state index contributed by atoms with van der Waals surface area (Å²) >= 11 is 0. The zero-order chi connectivity index (χ0) is 26.0. The molecule has 2 aliphatic heterocycles. The average molecular weight is 510 g/mol. The lowest BCUT2D eigenvalue weighted by atomic mass is 9.70. The van der Waals surface area contributed by atoms with E-state index < -0.39 is 23.7 Å². The SMILES string of the molecule is CC1(CN2CCC(COc3cnc(-c4ccc(C(=O)N5CCC[C@H]5C(N)=O)cc4F)cn3)CC2)CCC1. The van der Waals surface area contributed by atoms with Gasteiger partial charge in [0, 0.05) is 24.2 Å². The van der Waals surface area contributed by atoms with Gasteiger partial charge in [0.25, 0.3) is 5.91 Å². The third-order valence-corrected chi connectivity index (χ3v) is 8.30. The lowest BCUT2D eigenvalue weighted by molar-refractivity contribution is -0.121. The summed E-state index contributed by atoms with van der Waals surface area (Å²) in [7, 11) is 0. The van der Waals surface area contributed by atoms with E-state index in [4.69, 9.17) is 10.5 Å². The molecule has 0 unspecified atom stereocenters. The van der Waals surface area contributed by atoms with Crippen LogP contribution in [-0.2, 0) is 4.79 Å². The zero-order valence-corrected chi connectivity index (χ0v) is 21.5. The summed E-state index contributed by atoms with van der Waals surface area (Å²) in [5.74, 6) is -0.591. The van der Waals surface area contributed by atoms with Gasteiger partial charge in [0.15, 0.2) is 0 Å². The van der Waals surface area contributed by atoms with Gasteiger partial charge in [-0.25, -0.2) is 14.4 Å². The molecule has 0 radical (unpaired) electrons. The number of rotatable bonds is 8. The Morgan fingerprint density at radius 3 is 2.51 bits per heavy atom. The number of aromatic nitrogens is 2. The van der Waals surface area contributed by atoms with Gasteiger partial charge in [-0.05, 0) is 81.1 Å². The van der Waals surface area contributed by atoms with Crippen molar-refractivity contribution in [3.05, 3.63) is 42.0 Å². The van der Waals surface area contributed by atoms with Crippen LogP contribution in [0.1, 0.15) is 62.2 Å². The first-order chi connectivity index (χ1) is 17.8. The summed E-state index contributed by atoms with van der Waals surface area (Å²) in [4.78, 5) is 37.1. The van der Waals surface area contributed by atoms with Crippen molar-refractivity contribution < 1.29 is 18.7 Å². The van der Waals surface area contributed by atoms with Crippen LogP contribution in [0.25, 0.3) is 11.3 Å². The third kappa shape index (κ3) is 5.76. The highest BCUT2D eigenvalue weighted by molar-refractivity contribution is 5.98. The smallest absolute Gasteiger partial charge is 0.254 e. The first kappa shape index (κ1) is 25.6. The maximum absolute atomic E-state index is 14.9. The van der Waals surface area contributed by atoms with Crippen LogP contribution in [0, 0.1) is 17.2 Å². The number of primary amides is 1. The molecule has 2 N–H and O–H groups in total. The highest BCUT2D eigenvalue weighted by atomic mass is 19.1. The van der Waals surface area contributed by atoms with Crippen molar-refractivity contribution in [2.75, 3.05) is 32.8 Å². The van der Waals surface area contributed by atoms with Gasteiger partial charge in [0.1, 0.15) is 11.9 Å². The minimum atomic E-state index is -0.642. The molecule has 5 rings (SSSR count). The first-order valence-corrected chi connectivity index (χ1v) is 13.4. The number of hydrogen-bond donors (Lipinski definition) is 1. The van der Waals surface area contributed by atoms with Gasteiger partial charge in [-0.3, -0.25) is 9.59 Å². The average Bonchev–Trinajstić information content (AvgIpc) is 3.38. The van der Waals surface area contributed by atoms with Crippen LogP contribution in [-0.4, -0.2) is 70.4 Å². The fourth-order valence-electron chi connectivity index (χ4n) is 5.85. The highest BCUT2D eigenvalue weighted by Crippen LogP contribution is 2.41. The first-order valence-electron chi connectivity index (χ1n) is 13.4. The van der Waals surface area contributed by atoms with Crippen molar-refractivity contribution in [2.24, 2.45) is 17.1 Å². The second-order valence-electron chi connectivity index (χ2n) is 11.2. The molecule has 3 fully saturated rings. The Morgan fingerprint density at radius 1 is 1.11 bits per heavy atom. The van der Waals surface area contributed by atoms with Crippen LogP contribution in [0.2, 0.25) is 0 Å². The molecule has 3 aliphatic rings. The van der Waals surface area contributed by atoms with Crippen LogP contribution in [0.4, 0.5) is 4.39 Å². The van der Waals surface area contributed by atoms with E-state index in [-0.39, 0.29) is 11.1 Å². The van der Waals surface area contributed by atoms with Gasteiger partial charge in [0.05, 0.1) is 24.7 Å². The molecule has 1 aliphatic carbocycles. The number of benzene rings is 1. The fraction of sp³-hybridized carbons (Fsp3) is 0.571. The number of piperidine rings is 1. The molecule has 37 heavy (non-hydrogen) atoms. The van der Waals surface area contributed by atoms with Gasteiger partial charge in [-0.1, -0.05) is 13.3 Å². The van der Waals surface area contributed by atoms with E-state index in [1.54, 1.807) is 6.07 Å². The quantitative estimate of drug-likeness (QED) is 0.583. The number of carbonyl (C=O) groups is 2. The largest absolute Gasteiger partial charge is 0.476 e. The van der Waals surface area contributed by atoms with Gasteiger partial charge in [0.2, 0.25) is 11.8 Å². The maximum atomic E-state index is 14.9. The van der Waals surface area contributed by atoms with E-state index in [9.17, 15) is 14.0 Å². The number of halogens is 1. The van der Waals surface area contributed by atoms with Gasteiger partial charge in [-0.2, -0.15) is 0 Å². The molecule has 3 heterocycles. The van der Waals surface area contributed by atoms with E-state index >= 15 is 0 Å². The van der Waals surface area contributed by atoms with Gasteiger partial charge in [-0.15, -0.1) is 0 Å². The summed E-state index contributed by atoms with van der Waals surface area (Å²) in [6, 6.07) is 3.59. The van der Waals surface area contributed by atoms with Crippen LogP contribution in [0.5, 0.6) is 5.88 Å². The van der Waals surface area contributed by atoms with Crippen molar-refractivity contribution in [3.63, 3.8) is 0 Å². The molecule has 0 spiro atoms. The van der Waals surface area contributed by atoms with E-state index in [0.717, 1.165) is 25.9 Å². The van der Waals surface area contributed by atoms with Crippen molar-refractivity contribution in [1.29, 1.82) is 0 Å². The Balaban J connectivity index is 1.14. The molecule has 0 bridgehead atoms. The Labute approximate surface area is 217 Å². The normalized spacial score (nSPS) is 22.0. The van der Waals surface area contributed by atoms with Crippen LogP contribution in [0.3, 0.4) is 0 Å². The predicted molar refractivity (Wildman–Crippen MR) is 137 cm³/mol. The maximum Gasteiger partial charge on any atom is 0.254 e. The minimum Gasteiger partial charge on any atom is -0.476 e. The number of likely N-dealkylation sites (tertiary alicyclic amines) is 2. The monoisotopic (exact) mass is 509 g/mol. The number of carbonyl (C=O) groups excluding carboxylic acids is 2. The molecule has 2 saturated heterocycles. The molecular weight excluding hydrogens is 473 g/mol. The molecule has 9 heteroatoms. The Bertz CT molecular complexity index is 1130. The van der Waals surface area contributed by atoms with E-state index in [1.807, 2.05) is 0 Å². The summed E-state index contributed by atoms with van der Waals surface area (Å²) < 4.78 is 20.8. The van der Waals surface area contributed by atoms with Crippen molar-refractivity contribution in [2.45, 2.75) is 57.9 Å². The van der Waals surface area contributed by atoms with Crippen molar-refractivity contribution in [1.82, 2.24) is 19.8 Å². The molecule has 1 aromatic carbocycles. The zero-order valence-electron chi connectivity index (χ0n) is 21.5. The lowest BCUT2D eigenvalue weighted by Gasteiger charge is -2.44. The molecule has 198 valence electrons. The van der Waals surface area contributed by atoms with Crippen LogP contribution < -0.4 is 10.5 Å². The second kappa shape index (κ2) is 10.7. The summed E-state index contributed by atoms with van der Waals surface area (Å²) in [5.41, 5.74) is 6.72.